The van der Waals surface area contributed by atoms with Gasteiger partial charge in [0.15, 0.2) is 5.66 Å². The predicted molar refractivity (Wildman–Crippen MR) is 85.5 cm³/mol. The zero-order valence-electron chi connectivity index (χ0n) is 14.0. The minimum Gasteiger partial charge on any atom is -0.481 e. The van der Waals surface area contributed by atoms with Gasteiger partial charge in [0.25, 0.3) is 0 Å². The zero-order valence-corrected chi connectivity index (χ0v) is 14.9. The van der Waals surface area contributed by atoms with Gasteiger partial charge in [-0.1, -0.05) is 25.0 Å². The van der Waals surface area contributed by atoms with Crippen molar-refractivity contribution in [1.29, 1.82) is 0 Å². The predicted octanol–water partition coefficient (Wildman–Crippen LogP) is 2.73. The topological polar surface area (TPSA) is 104 Å². The van der Waals surface area contributed by atoms with Crippen LogP contribution in [0.25, 0.3) is 0 Å². The van der Waals surface area contributed by atoms with Gasteiger partial charge in [0.2, 0.25) is 0 Å². The van der Waals surface area contributed by atoms with Crippen LogP contribution in [0.15, 0.2) is 6.20 Å². The first kappa shape index (κ1) is 19.8. The third kappa shape index (κ3) is 6.05. The lowest BCUT2D eigenvalue weighted by Gasteiger charge is -2.22. The fourth-order valence-electron chi connectivity index (χ4n) is 2.17. The molecule has 8 nitrogen and oxygen atoms in total. The van der Waals surface area contributed by atoms with E-state index >= 15 is 0 Å². The van der Waals surface area contributed by atoms with Gasteiger partial charge in [0, 0.05) is 19.2 Å². The van der Waals surface area contributed by atoms with Crippen LogP contribution < -0.4 is 0 Å². The molecule has 0 fully saturated rings. The molecule has 0 bridgehead atoms. The van der Waals surface area contributed by atoms with Crippen LogP contribution in [0.5, 0.6) is 0 Å². The van der Waals surface area contributed by atoms with E-state index in [4.69, 9.17) is 9.05 Å². The fraction of sp³-hybridized carbons (Fsp3) is 0.786. The number of rotatable bonds is 12. The Morgan fingerprint density at radius 3 is 2.48 bits per heavy atom. The normalized spacial score (nSPS) is 13.2. The average molecular weight is 347 g/mol. The minimum absolute atomic E-state index is 0.0413. The van der Waals surface area contributed by atoms with Crippen LogP contribution in [0.2, 0.25) is 0 Å². The summed E-state index contributed by atoms with van der Waals surface area (Å²) in [6.07, 6.45) is 4.83. The molecule has 1 rings (SSSR count). The Bertz CT molecular complexity index is 524. The maximum absolute atomic E-state index is 12.7. The summed E-state index contributed by atoms with van der Waals surface area (Å²) >= 11 is 0. The number of aliphatic carboxylic acids is 1. The van der Waals surface area contributed by atoms with E-state index in [1.54, 1.807) is 24.7 Å². The third-order valence-electron chi connectivity index (χ3n) is 3.26. The van der Waals surface area contributed by atoms with Crippen LogP contribution in [-0.2, 0) is 31.4 Å². The van der Waals surface area contributed by atoms with Gasteiger partial charge in [0.1, 0.15) is 0 Å². The number of nitrogens with zero attached hydrogens (tertiary/aromatic N) is 3. The summed E-state index contributed by atoms with van der Waals surface area (Å²) in [4.78, 5) is 11.5. The molecular formula is C14H26N3O5P. The Morgan fingerprint density at radius 2 is 1.96 bits per heavy atom. The summed E-state index contributed by atoms with van der Waals surface area (Å²) in [5.41, 5.74) is -0.822. The number of hydrogen-bond donors (Lipinski definition) is 1. The Balaban J connectivity index is 2.83. The standard InChI is InChI=1S/C14H26N3O5P/c1-4-7-8-9-17-11-12(15-16-17)10-13(14(18)19)23(20,21-5-2)22-6-3/h11,13H,4-10H2,1-3H3,(H,18,19)/t13-/m1/s1. The van der Waals surface area contributed by atoms with Gasteiger partial charge in [-0.05, 0) is 20.3 Å². The lowest BCUT2D eigenvalue weighted by Crippen LogP contribution is -2.26. The molecule has 1 aromatic rings. The van der Waals surface area contributed by atoms with Crippen molar-refractivity contribution >= 4 is 13.6 Å². The van der Waals surface area contributed by atoms with E-state index in [-0.39, 0.29) is 19.6 Å². The van der Waals surface area contributed by atoms with Crippen molar-refractivity contribution < 1.29 is 23.5 Å². The van der Waals surface area contributed by atoms with Gasteiger partial charge in [-0.3, -0.25) is 14.0 Å². The lowest BCUT2D eigenvalue weighted by molar-refractivity contribution is -0.137. The second-order valence-electron chi connectivity index (χ2n) is 5.11. The number of aryl methyl sites for hydroxylation is 1. The highest BCUT2D eigenvalue weighted by Gasteiger charge is 2.41. The van der Waals surface area contributed by atoms with E-state index in [0.717, 1.165) is 25.8 Å². The van der Waals surface area contributed by atoms with Crippen LogP contribution in [0.4, 0.5) is 0 Å². The lowest BCUT2D eigenvalue weighted by atomic mass is 10.2. The van der Waals surface area contributed by atoms with E-state index in [0.29, 0.717) is 5.69 Å². The molecule has 1 N–H and O–H groups in total. The largest absolute Gasteiger partial charge is 0.481 e. The molecule has 0 spiro atoms. The number of carbonyl (C=O) groups is 1. The Morgan fingerprint density at radius 1 is 1.30 bits per heavy atom. The first-order chi connectivity index (χ1) is 11.0. The molecule has 9 heteroatoms. The summed E-state index contributed by atoms with van der Waals surface area (Å²) in [6.45, 7) is 6.37. The van der Waals surface area contributed by atoms with Crippen LogP contribution in [0, 0.1) is 0 Å². The Kier molecular flexibility index (Phi) is 8.44. The van der Waals surface area contributed by atoms with E-state index in [2.05, 4.69) is 17.2 Å². The SMILES string of the molecule is CCCCCn1cc(C[C@H](C(=O)O)P(=O)(OCC)OCC)nn1. The Labute approximate surface area is 136 Å². The first-order valence-corrected chi connectivity index (χ1v) is 9.58. The minimum atomic E-state index is -3.74. The molecule has 0 radical (unpaired) electrons. The van der Waals surface area contributed by atoms with E-state index in [1.807, 2.05) is 0 Å². The monoisotopic (exact) mass is 347 g/mol. The molecule has 1 aromatic heterocycles. The molecule has 0 aliphatic rings. The van der Waals surface area contributed by atoms with Gasteiger partial charge >= 0.3 is 13.6 Å². The van der Waals surface area contributed by atoms with E-state index < -0.39 is 19.2 Å². The van der Waals surface area contributed by atoms with Gasteiger partial charge in [-0.15, -0.1) is 5.10 Å². The summed E-state index contributed by atoms with van der Waals surface area (Å²) in [6, 6.07) is 0. The maximum atomic E-state index is 12.7. The summed E-state index contributed by atoms with van der Waals surface area (Å²) < 4.78 is 24.7. The van der Waals surface area contributed by atoms with Gasteiger partial charge in [-0.25, -0.2) is 0 Å². The highest BCUT2D eigenvalue weighted by atomic mass is 31.2. The molecule has 0 saturated carbocycles. The molecule has 0 aromatic carbocycles. The van der Waals surface area contributed by atoms with Crippen molar-refractivity contribution in [3.8, 4) is 0 Å². The molecule has 0 aliphatic carbocycles. The summed E-state index contributed by atoms with van der Waals surface area (Å²) in [7, 11) is -3.74. The number of carboxylic acids is 1. The molecular weight excluding hydrogens is 321 g/mol. The third-order valence-corrected chi connectivity index (χ3v) is 5.67. The van der Waals surface area contributed by atoms with Crippen LogP contribution in [0.3, 0.4) is 0 Å². The highest BCUT2D eigenvalue weighted by molar-refractivity contribution is 7.55. The van der Waals surface area contributed by atoms with Crippen molar-refractivity contribution in [2.45, 2.75) is 58.7 Å². The van der Waals surface area contributed by atoms with Crippen molar-refractivity contribution in [1.82, 2.24) is 15.0 Å². The number of carboxylic acid groups (broad SMARTS) is 1. The number of hydrogen-bond acceptors (Lipinski definition) is 6. The first-order valence-electron chi connectivity index (χ1n) is 7.97. The molecule has 0 aliphatic heterocycles. The molecule has 1 atom stereocenters. The molecule has 0 saturated heterocycles. The van der Waals surface area contributed by atoms with Crippen LogP contribution in [-0.4, -0.2) is 44.9 Å². The second kappa shape index (κ2) is 9.80. The van der Waals surface area contributed by atoms with E-state index in [9.17, 15) is 14.5 Å². The van der Waals surface area contributed by atoms with Crippen molar-refractivity contribution in [3.63, 3.8) is 0 Å². The quantitative estimate of drug-likeness (QED) is 0.458. The van der Waals surface area contributed by atoms with Gasteiger partial charge in [0.05, 0.1) is 18.9 Å². The second-order valence-corrected chi connectivity index (χ2v) is 7.33. The van der Waals surface area contributed by atoms with Crippen LogP contribution >= 0.6 is 7.60 Å². The summed E-state index contributed by atoms with van der Waals surface area (Å²) in [5.74, 6) is -1.23. The summed E-state index contributed by atoms with van der Waals surface area (Å²) in [5, 5.41) is 17.4. The Hall–Kier alpha value is -1.24. The highest BCUT2D eigenvalue weighted by Crippen LogP contribution is 2.54. The van der Waals surface area contributed by atoms with Gasteiger partial charge < -0.3 is 14.2 Å². The van der Waals surface area contributed by atoms with Crippen molar-refractivity contribution in [3.05, 3.63) is 11.9 Å². The maximum Gasteiger partial charge on any atom is 0.345 e. The van der Waals surface area contributed by atoms with Gasteiger partial charge in [-0.2, -0.15) is 0 Å². The number of unbranched alkanes of at least 4 members (excludes halogenated alkanes) is 2. The van der Waals surface area contributed by atoms with Crippen molar-refractivity contribution in [2.24, 2.45) is 0 Å². The number of aromatic nitrogens is 3. The average Bonchev–Trinajstić information content (AvgIpc) is 2.93. The molecule has 0 amide bonds. The molecule has 0 unspecified atom stereocenters. The fourth-order valence-corrected chi connectivity index (χ4v) is 4.01. The van der Waals surface area contributed by atoms with E-state index in [1.165, 1.54) is 0 Å². The molecule has 1 heterocycles. The molecule has 23 heavy (non-hydrogen) atoms. The molecule has 132 valence electrons. The van der Waals surface area contributed by atoms with Crippen LogP contribution in [0.1, 0.15) is 45.7 Å². The zero-order chi connectivity index (χ0) is 17.3. The smallest absolute Gasteiger partial charge is 0.345 e. The van der Waals surface area contributed by atoms with Crippen molar-refractivity contribution in [2.75, 3.05) is 13.2 Å².